The van der Waals surface area contributed by atoms with Gasteiger partial charge in [-0.05, 0) is 92.5 Å². The molecule has 2 heterocycles. The van der Waals surface area contributed by atoms with E-state index in [1.165, 1.54) is 56.6 Å². The number of carbonyl (C=O) groups excluding carboxylic acids is 1. The predicted octanol–water partition coefficient (Wildman–Crippen LogP) is 6.82. The minimum Gasteiger partial charge on any atom is -0.362 e. The average molecular weight is 567 g/mol. The van der Waals surface area contributed by atoms with Crippen molar-refractivity contribution < 1.29 is 13.6 Å². The molecule has 6 rings (SSSR count). The van der Waals surface area contributed by atoms with E-state index < -0.39 is 0 Å². The molecule has 3 aromatic rings. The lowest BCUT2D eigenvalue weighted by atomic mass is 9.86. The van der Waals surface area contributed by atoms with Gasteiger partial charge < -0.3 is 15.1 Å². The first kappa shape index (κ1) is 28.0. The summed E-state index contributed by atoms with van der Waals surface area (Å²) in [4.78, 5) is 23.4. The molecule has 0 bridgehead atoms. The van der Waals surface area contributed by atoms with Gasteiger partial charge in [0, 0.05) is 24.6 Å². The van der Waals surface area contributed by atoms with Gasteiger partial charge in [0.25, 0.3) is 5.91 Å². The van der Waals surface area contributed by atoms with E-state index in [0.717, 1.165) is 47.7 Å². The molecule has 3 aliphatic rings. The first-order chi connectivity index (χ1) is 20.5. The Morgan fingerprint density at radius 2 is 1.57 bits per heavy atom. The summed E-state index contributed by atoms with van der Waals surface area (Å²) < 4.78 is 27.2. The maximum Gasteiger partial charge on any atom is 0.251 e. The molecule has 3 aromatic carbocycles. The third kappa shape index (κ3) is 6.36. The van der Waals surface area contributed by atoms with Gasteiger partial charge in [0.05, 0.1) is 23.1 Å². The van der Waals surface area contributed by atoms with Crippen LogP contribution >= 0.6 is 0 Å². The van der Waals surface area contributed by atoms with Gasteiger partial charge in [-0.1, -0.05) is 55.0 Å². The van der Waals surface area contributed by atoms with Crippen LogP contribution in [-0.4, -0.2) is 48.7 Å². The van der Waals surface area contributed by atoms with Crippen molar-refractivity contribution in [3.8, 4) is 0 Å². The summed E-state index contributed by atoms with van der Waals surface area (Å²) in [5.74, 6) is -0.850. The van der Waals surface area contributed by atoms with Crippen LogP contribution in [0.1, 0.15) is 47.2 Å². The molecule has 0 aromatic heterocycles. The van der Waals surface area contributed by atoms with Crippen LogP contribution in [0.15, 0.2) is 96.0 Å². The molecule has 2 atom stereocenters. The van der Waals surface area contributed by atoms with Crippen molar-refractivity contribution >= 4 is 23.0 Å². The van der Waals surface area contributed by atoms with E-state index in [1.807, 2.05) is 18.2 Å². The number of benzene rings is 3. The normalized spacial score (nSPS) is 20.0. The highest BCUT2D eigenvalue weighted by atomic mass is 19.1. The Hall–Kier alpha value is -4.10. The highest BCUT2D eigenvalue weighted by Gasteiger charge is 2.34. The highest BCUT2D eigenvalue weighted by Crippen LogP contribution is 2.39. The number of likely N-dealkylation sites (tertiary alicyclic amines) is 1. The maximum absolute atomic E-state index is 13.9. The number of hydrogen-bond acceptors (Lipinski definition) is 4. The molecule has 1 N–H and O–H groups in total. The van der Waals surface area contributed by atoms with Crippen molar-refractivity contribution in [2.75, 3.05) is 31.1 Å². The van der Waals surface area contributed by atoms with Gasteiger partial charge in [0.15, 0.2) is 0 Å². The van der Waals surface area contributed by atoms with Crippen molar-refractivity contribution in [2.24, 2.45) is 10.9 Å². The first-order valence-electron chi connectivity index (χ1n) is 14.9. The van der Waals surface area contributed by atoms with Crippen LogP contribution < -0.4 is 10.2 Å². The zero-order valence-electron chi connectivity index (χ0n) is 23.7. The van der Waals surface area contributed by atoms with Crippen molar-refractivity contribution in [3.63, 3.8) is 0 Å². The van der Waals surface area contributed by atoms with E-state index >= 15 is 0 Å². The Balaban J connectivity index is 1.32. The number of piperidine rings is 1. The zero-order chi connectivity index (χ0) is 28.9. The lowest BCUT2D eigenvalue weighted by molar-refractivity contribution is 0.0951. The number of carbonyl (C=O) groups is 1. The van der Waals surface area contributed by atoms with E-state index in [-0.39, 0.29) is 29.5 Å². The van der Waals surface area contributed by atoms with Crippen molar-refractivity contribution in [3.05, 3.63) is 119 Å². The smallest absolute Gasteiger partial charge is 0.251 e. The van der Waals surface area contributed by atoms with E-state index in [2.05, 4.69) is 39.4 Å². The molecule has 1 aliphatic carbocycles. The molecule has 5 nitrogen and oxygen atoms in total. The number of aliphatic imine (C=N–C) groups is 1. The predicted molar refractivity (Wildman–Crippen MR) is 164 cm³/mol. The number of allylic oxidation sites excluding steroid dienone is 2. The van der Waals surface area contributed by atoms with E-state index in [1.54, 1.807) is 24.3 Å². The topological polar surface area (TPSA) is 47.9 Å². The molecule has 1 fully saturated rings. The van der Waals surface area contributed by atoms with Crippen molar-refractivity contribution in [2.45, 2.75) is 38.3 Å². The number of hydrogen-bond donors (Lipinski definition) is 1. The molecule has 2 unspecified atom stereocenters. The summed E-state index contributed by atoms with van der Waals surface area (Å²) in [5.41, 5.74) is 4.73. The number of anilines is 1. The number of fused-ring (bicyclic) bond motifs is 2. The fourth-order valence-corrected chi connectivity index (χ4v) is 6.19. The second-order valence-electron chi connectivity index (χ2n) is 11.3. The molecule has 1 saturated heterocycles. The van der Waals surface area contributed by atoms with Crippen LogP contribution in [0.5, 0.6) is 0 Å². The van der Waals surface area contributed by atoms with Crippen molar-refractivity contribution in [1.82, 2.24) is 10.2 Å². The molecule has 2 aliphatic heterocycles. The number of nitrogens with zero attached hydrogens (tertiary/aromatic N) is 3. The Morgan fingerprint density at radius 3 is 2.33 bits per heavy atom. The Bertz CT molecular complexity index is 1490. The van der Waals surface area contributed by atoms with E-state index in [4.69, 9.17) is 4.99 Å². The second-order valence-corrected chi connectivity index (χ2v) is 11.3. The van der Waals surface area contributed by atoms with Crippen LogP contribution in [0.4, 0.5) is 20.2 Å². The fourth-order valence-electron chi connectivity index (χ4n) is 6.19. The molecular formula is C35H36F2N4O. The summed E-state index contributed by atoms with van der Waals surface area (Å²) in [7, 11) is 0. The van der Waals surface area contributed by atoms with Gasteiger partial charge in [-0.3, -0.25) is 4.79 Å². The minimum absolute atomic E-state index is 0.0291. The molecule has 0 radical (unpaired) electrons. The van der Waals surface area contributed by atoms with Gasteiger partial charge >= 0.3 is 0 Å². The zero-order valence-corrected chi connectivity index (χ0v) is 23.7. The van der Waals surface area contributed by atoms with E-state index in [9.17, 15) is 13.6 Å². The molecule has 1 amide bonds. The molecule has 0 saturated carbocycles. The van der Waals surface area contributed by atoms with Crippen LogP contribution in [-0.2, 0) is 6.54 Å². The number of nitrogens with one attached hydrogen (secondary N) is 1. The van der Waals surface area contributed by atoms with Crippen LogP contribution in [0.2, 0.25) is 0 Å². The lowest BCUT2D eigenvalue weighted by Crippen LogP contribution is -2.43. The Labute approximate surface area is 246 Å². The van der Waals surface area contributed by atoms with Gasteiger partial charge in [0.1, 0.15) is 11.6 Å². The number of rotatable bonds is 8. The average Bonchev–Trinajstić information content (AvgIpc) is 3.16. The van der Waals surface area contributed by atoms with Gasteiger partial charge in [0.2, 0.25) is 0 Å². The third-order valence-electron chi connectivity index (χ3n) is 8.40. The highest BCUT2D eigenvalue weighted by molar-refractivity contribution is 6.07. The molecule has 42 heavy (non-hydrogen) atoms. The van der Waals surface area contributed by atoms with Crippen LogP contribution in [0, 0.1) is 17.6 Å². The molecule has 216 valence electrons. The van der Waals surface area contributed by atoms with Crippen LogP contribution in [0.3, 0.4) is 0 Å². The summed E-state index contributed by atoms with van der Waals surface area (Å²) in [6.07, 6.45) is 13.4. The van der Waals surface area contributed by atoms with Crippen LogP contribution in [0.25, 0.3) is 0 Å². The van der Waals surface area contributed by atoms with Crippen molar-refractivity contribution in [1.29, 1.82) is 0 Å². The van der Waals surface area contributed by atoms with Gasteiger partial charge in [-0.2, -0.15) is 0 Å². The molecule has 0 spiro atoms. The largest absolute Gasteiger partial charge is 0.362 e. The Morgan fingerprint density at radius 1 is 0.857 bits per heavy atom. The SMILES string of the molecule is O=C(NCc1ccc(F)cc1)c1ccc2c(c1)N=C(c1ccc(F)cc1)C1C=CC=CC1N2CCCN1CCCCC1. The monoisotopic (exact) mass is 566 g/mol. The second kappa shape index (κ2) is 12.8. The summed E-state index contributed by atoms with van der Waals surface area (Å²) in [5, 5.41) is 2.95. The molecule has 7 heteroatoms. The third-order valence-corrected chi connectivity index (χ3v) is 8.40. The summed E-state index contributed by atoms with van der Waals surface area (Å²) >= 11 is 0. The lowest BCUT2D eigenvalue weighted by Gasteiger charge is -2.37. The first-order valence-corrected chi connectivity index (χ1v) is 14.9. The molecular weight excluding hydrogens is 530 g/mol. The maximum atomic E-state index is 13.9. The number of amides is 1. The standard InChI is InChI=1S/C35H36F2N4O/c36-28-14-9-25(10-15-28)24-38-35(42)27-13-18-33-31(23-27)39-34(26-11-16-29(37)17-12-26)30-7-2-3-8-32(30)41(33)22-6-21-40-19-4-1-5-20-40/h2-3,7-18,23,30,32H,1,4-6,19-22,24H2,(H,38,42). The minimum atomic E-state index is -0.309. The number of halogens is 2. The van der Waals surface area contributed by atoms with Gasteiger partial charge in [-0.15, -0.1) is 0 Å². The van der Waals surface area contributed by atoms with Gasteiger partial charge in [-0.25, -0.2) is 13.8 Å². The summed E-state index contributed by atoms with van der Waals surface area (Å²) in [6.45, 7) is 4.53. The quantitative estimate of drug-likeness (QED) is 0.326. The summed E-state index contributed by atoms with van der Waals surface area (Å²) in [6, 6.07) is 18.3. The Kier molecular flexibility index (Phi) is 8.56. The van der Waals surface area contributed by atoms with E-state index in [0.29, 0.717) is 12.1 Å². The fraction of sp³-hybridized carbons (Fsp3) is 0.314.